The van der Waals surface area contributed by atoms with Crippen LogP contribution in [0, 0.1) is 0 Å². The number of hydrogen-bond acceptors (Lipinski definition) is 4. The molecule has 1 rings (SSSR count). The van der Waals surface area contributed by atoms with Crippen LogP contribution in [0.3, 0.4) is 0 Å². The Morgan fingerprint density at radius 3 is 1.94 bits per heavy atom. The van der Waals surface area contributed by atoms with Crippen molar-refractivity contribution in [1.82, 2.24) is 0 Å². The molecule has 0 bridgehead atoms. The molecule has 0 N–H and O–H groups in total. The normalized spacial score (nSPS) is 10.9. The smallest absolute Gasteiger partial charge is 0.211 e. The van der Waals surface area contributed by atoms with Crippen LogP contribution in [0.1, 0.15) is 120 Å². The average Bonchev–Trinajstić information content (AvgIpc) is 2.87. The summed E-state index contributed by atoms with van der Waals surface area (Å²) < 4.78 is 0. The Hall–Kier alpha value is -2.28. The fourth-order valence-corrected chi connectivity index (χ4v) is 4.46. The molecular weight excluding hydrogens is 432 g/mol. The first-order valence-electron chi connectivity index (χ1n) is 14.1. The number of hydrogen-bond donors (Lipinski definition) is 0. The van der Waals surface area contributed by atoms with E-state index in [1.165, 1.54) is 87.3 Å². The molecule has 4 heteroatoms. The first-order valence-corrected chi connectivity index (χ1v) is 14.1. The van der Waals surface area contributed by atoms with Gasteiger partial charge in [0.25, 0.3) is 0 Å². The highest BCUT2D eigenvalue weighted by atomic mass is 16.1. The van der Waals surface area contributed by atoms with Crippen LogP contribution in [0.2, 0.25) is 0 Å². The lowest BCUT2D eigenvalue weighted by Crippen LogP contribution is -1.97. The molecule has 0 radical (unpaired) electrons. The number of isocyanates is 2. The third-order valence-electron chi connectivity index (χ3n) is 6.58. The molecule has 0 unspecified atom stereocenters. The largest absolute Gasteiger partial charge is 0.234 e. The molecule has 0 atom stereocenters. The number of aliphatic imine (C=N–C) groups is 2. The molecule has 0 spiro atoms. The summed E-state index contributed by atoms with van der Waals surface area (Å²) in [6.45, 7) is 3.51. The van der Waals surface area contributed by atoms with Gasteiger partial charge in [-0.3, -0.25) is 0 Å². The first-order chi connectivity index (χ1) is 17.3. The minimum atomic E-state index is 0.621. The summed E-state index contributed by atoms with van der Waals surface area (Å²) in [7, 11) is 0. The minimum Gasteiger partial charge on any atom is -0.211 e. The lowest BCUT2D eigenvalue weighted by molar-refractivity contribution is 0.559. The highest BCUT2D eigenvalue weighted by Crippen LogP contribution is 2.19. The third-order valence-corrected chi connectivity index (χ3v) is 6.58. The fraction of sp³-hybridized carbons (Fsp3) is 0.677. The van der Waals surface area contributed by atoms with E-state index in [1.54, 1.807) is 12.2 Å². The Morgan fingerprint density at radius 1 is 0.657 bits per heavy atom. The van der Waals surface area contributed by atoms with Gasteiger partial charge in [0, 0.05) is 0 Å². The number of benzene rings is 1. The Bertz CT molecular complexity index is 774. The van der Waals surface area contributed by atoms with Crippen LogP contribution in [0.4, 0.5) is 0 Å². The van der Waals surface area contributed by atoms with E-state index in [0.717, 1.165) is 44.9 Å². The second-order valence-corrected chi connectivity index (χ2v) is 9.61. The SMILES string of the molecule is CCCCCCc1ccc(CCCCCCCN=C=O)c(CC=CCCCCCCCN=C=O)c1. The quantitative estimate of drug-likeness (QED) is 0.0683. The van der Waals surface area contributed by atoms with Crippen molar-refractivity contribution in [2.24, 2.45) is 9.98 Å². The van der Waals surface area contributed by atoms with E-state index in [9.17, 15) is 9.59 Å². The van der Waals surface area contributed by atoms with Crippen molar-refractivity contribution in [3.8, 4) is 0 Å². The van der Waals surface area contributed by atoms with Gasteiger partial charge in [0.2, 0.25) is 12.2 Å². The number of rotatable bonds is 23. The van der Waals surface area contributed by atoms with Crippen LogP contribution in [-0.2, 0) is 28.9 Å². The monoisotopic (exact) mass is 480 g/mol. The van der Waals surface area contributed by atoms with Crippen LogP contribution < -0.4 is 0 Å². The number of allylic oxidation sites excluding steroid dienone is 2. The molecule has 0 heterocycles. The van der Waals surface area contributed by atoms with Gasteiger partial charge >= 0.3 is 0 Å². The standard InChI is InChI=1S/C31H48N2O2/c1-2-3-4-14-19-29-22-23-30(20-15-11-9-13-18-25-33-28-35)31(26-29)21-16-10-7-5-6-8-12-17-24-32-27-34/h10,16,22-23,26H,2-9,11-15,17-21,24-25H2,1H3. The van der Waals surface area contributed by atoms with Crippen LogP contribution in [-0.4, -0.2) is 25.2 Å². The molecule has 0 aliphatic rings. The van der Waals surface area contributed by atoms with Gasteiger partial charge in [-0.25, -0.2) is 19.6 Å². The van der Waals surface area contributed by atoms with Crippen molar-refractivity contribution in [3.05, 3.63) is 47.0 Å². The van der Waals surface area contributed by atoms with Crippen molar-refractivity contribution in [1.29, 1.82) is 0 Å². The maximum absolute atomic E-state index is 10.1. The lowest BCUT2D eigenvalue weighted by atomic mass is 9.94. The number of unbranched alkanes of at least 4 members (excludes halogenated alkanes) is 12. The summed E-state index contributed by atoms with van der Waals surface area (Å²) in [4.78, 5) is 27.4. The van der Waals surface area contributed by atoms with E-state index < -0.39 is 0 Å². The summed E-state index contributed by atoms with van der Waals surface area (Å²) in [5.74, 6) is 0. The molecule has 1 aromatic rings. The second-order valence-electron chi connectivity index (χ2n) is 9.61. The maximum atomic E-state index is 10.1. The minimum absolute atomic E-state index is 0.621. The zero-order valence-corrected chi connectivity index (χ0v) is 22.2. The topological polar surface area (TPSA) is 58.9 Å². The third kappa shape index (κ3) is 17.8. The Kier molecular flexibility index (Phi) is 20.6. The fourth-order valence-electron chi connectivity index (χ4n) is 4.46. The van der Waals surface area contributed by atoms with Gasteiger partial charge in [-0.05, 0) is 74.5 Å². The van der Waals surface area contributed by atoms with E-state index in [-0.39, 0.29) is 0 Å². The van der Waals surface area contributed by atoms with Crippen LogP contribution in [0.15, 0.2) is 40.3 Å². The zero-order valence-electron chi connectivity index (χ0n) is 22.2. The van der Waals surface area contributed by atoms with E-state index >= 15 is 0 Å². The van der Waals surface area contributed by atoms with Gasteiger partial charge < -0.3 is 0 Å². The van der Waals surface area contributed by atoms with Gasteiger partial charge in [-0.15, -0.1) is 0 Å². The molecule has 0 fully saturated rings. The molecule has 0 aliphatic carbocycles. The molecule has 194 valence electrons. The summed E-state index contributed by atoms with van der Waals surface area (Å²) in [5.41, 5.74) is 4.50. The van der Waals surface area contributed by atoms with E-state index in [2.05, 4.69) is 47.3 Å². The highest BCUT2D eigenvalue weighted by molar-refractivity contribution is 5.34. The van der Waals surface area contributed by atoms with Gasteiger partial charge in [-0.2, -0.15) is 0 Å². The van der Waals surface area contributed by atoms with Crippen LogP contribution in [0.25, 0.3) is 0 Å². The summed E-state index contributed by atoms with van der Waals surface area (Å²) >= 11 is 0. The van der Waals surface area contributed by atoms with Crippen LogP contribution in [0.5, 0.6) is 0 Å². The van der Waals surface area contributed by atoms with Crippen molar-refractivity contribution in [2.45, 2.75) is 122 Å². The van der Waals surface area contributed by atoms with E-state index in [4.69, 9.17) is 0 Å². The zero-order chi connectivity index (χ0) is 25.2. The van der Waals surface area contributed by atoms with Crippen molar-refractivity contribution >= 4 is 12.2 Å². The Morgan fingerprint density at radius 2 is 1.26 bits per heavy atom. The molecule has 0 amide bonds. The average molecular weight is 481 g/mol. The Labute approximate surface area is 214 Å². The van der Waals surface area contributed by atoms with Gasteiger partial charge in [0.1, 0.15) is 0 Å². The number of aryl methyl sites for hydroxylation is 2. The summed E-state index contributed by atoms with van der Waals surface area (Å²) in [6, 6.07) is 7.20. The molecule has 0 aromatic heterocycles. The molecule has 0 saturated heterocycles. The molecule has 4 nitrogen and oxygen atoms in total. The van der Waals surface area contributed by atoms with Gasteiger partial charge in [0.15, 0.2) is 0 Å². The second kappa shape index (κ2) is 23.5. The van der Waals surface area contributed by atoms with Crippen molar-refractivity contribution in [3.63, 3.8) is 0 Å². The predicted molar refractivity (Wildman–Crippen MR) is 148 cm³/mol. The molecule has 35 heavy (non-hydrogen) atoms. The molecule has 0 saturated carbocycles. The van der Waals surface area contributed by atoms with Gasteiger partial charge in [-0.1, -0.05) is 95.1 Å². The maximum Gasteiger partial charge on any atom is 0.234 e. The number of nitrogens with zero attached hydrogens (tertiary/aromatic N) is 2. The van der Waals surface area contributed by atoms with Crippen molar-refractivity contribution in [2.75, 3.05) is 13.1 Å². The predicted octanol–water partition coefficient (Wildman–Crippen LogP) is 8.41. The molecular formula is C31H48N2O2. The van der Waals surface area contributed by atoms with E-state index in [0.29, 0.717) is 13.1 Å². The summed E-state index contributed by atoms with van der Waals surface area (Å²) in [6.07, 6.45) is 29.4. The lowest BCUT2D eigenvalue weighted by Gasteiger charge is -2.11. The Balaban J connectivity index is 2.45. The van der Waals surface area contributed by atoms with E-state index in [1.807, 2.05) is 0 Å². The summed E-state index contributed by atoms with van der Waals surface area (Å²) in [5, 5.41) is 0. The molecule has 1 aromatic carbocycles. The van der Waals surface area contributed by atoms with Crippen molar-refractivity contribution < 1.29 is 9.59 Å². The number of carbonyl (C=O) groups excluding carboxylic acids is 2. The van der Waals surface area contributed by atoms with Gasteiger partial charge in [0.05, 0.1) is 13.1 Å². The molecule has 0 aliphatic heterocycles. The first kappa shape index (κ1) is 30.8. The highest BCUT2D eigenvalue weighted by Gasteiger charge is 2.04. The van der Waals surface area contributed by atoms with Crippen LogP contribution >= 0.6 is 0 Å².